The third-order valence-corrected chi connectivity index (χ3v) is 6.64. The largest absolute Gasteiger partial charge is 0.379 e. The number of hydrogen-bond acceptors (Lipinski definition) is 7. The Labute approximate surface area is 154 Å². The third kappa shape index (κ3) is 2.67. The summed E-state index contributed by atoms with van der Waals surface area (Å²) in [5.74, 6) is 0.403. The average molecular weight is 395 g/mol. The molecular weight excluding hydrogens is 380 g/mol. The van der Waals surface area contributed by atoms with Gasteiger partial charge in [0.25, 0.3) is 5.89 Å². The Kier molecular flexibility index (Phi) is 3.99. The third-order valence-electron chi connectivity index (χ3n) is 4.44. The molecule has 3 aromatic rings. The van der Waals surface area contributed by atoms with Gasteiger partial charge in [0.15, 0.2) is 11.4 Å². The van der Waals surface area contributed by atoms with E-state index in [9.17, 15) is 13.5 Å². The summed E-state index contributed by atoms with van der Waals surface area (Å²) in [5.41, 5.74) is -1.09. The molecule has 1 unspecified atom stereocenters. The van der Waals surface area contributed by atoms with Crippen LogP contribution in [0.2, 0.25) is 5.02 Å². The Bertz CT molecular complexity index is 1100. The van der Waals surface area contributed by atoms with Crippen LogP contribution >= 0.6 is 11.6 Å². The van der Waals surface area contributed by atoms with Gasteiger partial charge < -0.3 is 9.63 Å². The van der Waals surface area contributed by atoms with E-state index in [0.29, 0.717) is 21.7 Å². The average Bonchev–Trinajstić information content (AvgIpc) is 3.23. The molecule has 3 heterocycles. The van der Waals surface area contributed by atoms with Gasteiger partial charge in [-0.2, -0.15) is 9.29 Å². The lowest BCUT2D eigenvalue weighted by atomic mass is 10.0. The minimum absolute atomic E-state index is 0.0235. The molecule has 1 N–H and O–H groups in total. The highest BCUT2D eigenvalue weighted by Crippen LogP contribution is 2.36. The molecule has 0 bridgehead atoms. The summed E-state index contributed by atoms with van der Waals surface area (Å²) < 4.78 is 32.6. The van der Waals surface area contributed by atoms with Gasteiger partial charge in [-0.15, -0.1) is 0 Å². The quantitative estimate of drug-likeness (QED) is 0.721. The lowest BCUT2D eigenvalue weighted by Crippen LogP contribution is -2.34. The molecule has 1 atom stereocenters. The molecule has 10 heteroatoms. The van der Waals surface area contributed by atoms with E-state index in [-0.39, 0.29) is 30.3 Å². The maximum Gasteiger partial charge on any atom is 0.260 e. The second-order valence-corrected chi connectivity index (χ2v) is 8.53. The molecule has 26 heavy (non-hydrogen) atoms. The van der Waals surface area contributed by atoms with Crippen molar-refractivity contribution in [3.63, 3.8) is 0 Å². The molecule has 0 aliphatic carbocycles. The standard InChI is InChI=1S/C16H15ClN4O4S/c1-10-19-15(25-20-10)16(22)6-8-21(9-16)26(23,24)13-5-4-12(17)14-11(13)3-2-7-18-14/h2-5,7,22H,6,8-9H2,1H3. The van der Waals surface area contributed by atoms with Crippen LogP contribution in [0.3, 0.4) is 0 Å². The Hall–Kier alpha value is -2.07. The van der Waals surface area contributed by atoms with Crippen LogP contribution in [0.4, 0.5) is 0 Å². The number of β-amino-alcohol motifs (C(OH)–C–C–N with tert-alkyl or cyclic N) is 1. The summed E-state index contributed by atoms with van der Waals surface area (Å²) in [6.07, 6.45) is 1.72. The van der Waals surface area contributed by atoms with E-state index in [0.717, 1.165) is 0 Å². The fourth-order valence-electron chi connectivity index (χ4n) is 3.10. The SMILES string of the molecule is Cc1noc(C2(O)CCN(S(=O)(=O)c3ccc(Cl)c4ncccc34)C2)n1. The van der Waals surface area contributed by atoms with Gasteiger partial charge in [-0.05, 0) is 31.2 Å². The van der Waals surface area contributed by atoms with Crippen LogP contribution in [0.15, 0.2) is 39.9 Å². The summed E-state index contributed by atoms with van der Waals surface area (Å²) in [5, 5.41) is 15.3. The predicted molar refractivity (Wildman–Crippen MR) is 93.1 cm³/mol. The molecule has 0 radical (unpaired) electrons. The summed E-state index contributed by atoms with van der Waals surface area (Å²) in [4.78, 5) is 8.29. The van der Waals surface area contributed by atoms with E-state index < -0.39 is 15.6 Å². The van der Waals surface area contributed by atoms with Gasteiger partial charge in [-0.3, -0.25) is 4.98 Å². The summed E-state index contributed by atoms with van der Waals surface area (Å²) in [6.45, 7) is 1.60. The van der Waals surface area contributed by atoms with Crippen molar-refractivity contribution in [3.05, 3.63) is 47.2 Å². The molecule has 1 aliphatic rings. The normalized spacial score (nSPS) is 21.5. The zero-order valence-electron chi connectivity index (χ0n) is 13.8. The number of nitrogens with zero attached hydrogens (tertiary/aromatic N) is 4. The van der Waals surface area contributed by atoms with Crippen LogP contribution in [-0.2, 0) is 15.6 Å². The molecule has 136 valence electrons. The molecule has 0 saturated carbocycles. The highest BCUT2D eigenvalue weighted by molar-refractivity contribution is 7.89. The van der Waals surface area contributed by atoms with Crippen molar-refractivity contribution in [2.75, 3.05) is 13.1 Å². The zero-order chi connectivity index (χ0) is 18.5. The molecule has 4 rings (SSSR count). The van der Waals surface area contributed by atoms with E-state index in [1.807, 2.05) is 0 Å². The molecule has 0 amide bonds. The second-order valence-electron chi connectivity index (χ2n) is 6.21. The minimum Gasteiger partial charge on any atom is -0.379 e. The van der Waals surface area contributed by atoms with Crippen LogP contribution in [0.5, 0.6) is 0 Å². The first-order valence-electron chi connectivity index (χ1n) is 7.88. The van der Waals surface area contributed by atoms with E-state index >= 15 is 0 Å². The minimum atomic E-state index is -3.87. The Morgan fingerprint density at radius 1 is 1.35 bits per heavy atom. The van der Waals surface area contributed by atoms with Gasteiger partial charge in [0.1, 0.15) is 0 Å². The molecule has 1 aromatic carbocycles. The molecule has 0 spiro atoms. The summed E-state index contributed by atoms with van der Waals surface area (Å²) in [7, 11) is -3.87. The van der Waals surface area contributed by atoms with Crippen molar-refractivity contribution in [1.29, 1.82) is 0 Å². The topological polar surface area (TPSA) is 109 Å². The first-order chi connectivity index (χ1) is 12.3. The predicted octanol–water partition coefficient (Wildman–Crippen LogP) is 1.86. The number of sulfonamides is 1. The summed E-state index contributed by atoms with van der Waals surface area (Å²) in [6, 6.07) is 6.27. The monoisotopic (exact) mass is 394 g/mol. The van der Waals surface area contributed by atoms with Crippen molar-refractivity contribution in [2.45, 2.75) is 23.8 Å². The fraction of sp³-hybridized carbons (Fsp3) is 0.312. The molecular formula is C16H15ClN4O4S. The molecule has 8 nitrogen and oxygen atoms in total. The van der Waals surface area contributed by atoms with E-state index in [4.69, 9.17) is 16.1 Å². The maximum absolute atomic E-state index is 13.2. The van der Waals surface area contributed by atoms with Crippen molar-refractivity contribution in [1.82, 2.24) is 19.4 Å². The van der Waals surface area contributed by atoms with Crippen molar-refractivity contribution in [2.24, 2.45) is 0 Å². The van der Waals surface area contributed by atoms with Crippen molar-refractivity contribution >= 4 is 32.5 Å². The molecule has 1 saturated heterocycles. The Morgan fingerprint density at radius 2 is 2.15 bits per heavy atom. The lowest BCUT2D eigenvalue weighted by molar-refractivity contribution is 0.0194. The number of benzene rings is 1. The number of rotatable bonds is 3. The first-order valence-corrected chi connectivity index (χ1v) is 9.70. The Balaban J connectivity index is 1.74. The van der Waals surface area contributed by atoms with Crippen LogP contribution in [0.25, 0.3) is 10.9 Å². The van der Waals surface area contributed by atoms with Gasteiger partial charge in [-0.25, -0.2) is 8.42 Å². The van der Waals surface area contributed by atoms with Crippen molar-refractivity contribution < 1.29 is 18.0 Å². The Morgan fingerprint density at radius 3 is 2.88 bits per heavy atom. The van der Waals surface area contributed by atoms with Gasteiger partial charge >= 0.3 is 0 Å². The fourth-order valence-corrected chi connectivity index (χ4v) is 4.99. The zero-order valence-corrected chi connectivity index (χ0v) is 15.3. The number of aliphatic hydroxyl groups is 1. The van der Waals surface area contributed by atoms with Crippen molar-refractivity contribution in [3.8, 4) is 0 Å². The van der Waals surface area contributed by atoms with Crippen LogP contribution in [0, 0.1) is 6.92 Å². The molecule has 1 fully saturated rings. The van der Waals surface area contributed by atoms with Gasteiger partial charge in [-0.1, -0.05) is 16.8 Å². The molecule has 2 aromatic heterocycles. The smallest absolute Gasteiger partial charge is 0.260 e. The maximum atomic E-state index is 13.2. The number of hydrogen-bond donors (Lipinski definition) is 1. The second kappa shape index (κ2) is 5.98. The lowest BCUT2D eigenvalue weighted by Gasteiger charge is -2.20. The first kappa shape index (κ1) is 17.3. The van der Waals surface area contributed by atoms with E-state index in [1.165, 1.54) is 16.4 Å². The number of fused-ring (bicyclic) bond motifs is 1. The van der Waals surface area contributed by atoms with E-state index in [1.54, 1.807) is 25.3 Å². The number of halogens is 1. The van der Waals surface area contributed by atoms with Crippen LogP contribution in [0.1, 0.15) is 18.1 Å². The highest BCUT2D eigenvalue weighted by Gasteiger charge is 2.46. The number of pyridine rings is 1. The number of aryl methyl sites for hydroxylation is 1. The summed E-state index contributed by atoms with van der Waals surface area (Å²) >= 11 is 6.13. The van der Waals surface area contributed by atoms with Gasteiger partial charge in [0.2, 0.25) is 10.0 Å². The van der Waals surface area contributed by atoms with Crippen LogP contribution in [-0.4, -0.2) is 46.0 Å². The van der Waals surface area contributed by atoms with Gasteiger partial charge in [0, 0.05) is 24.5 Å². The number of aromatic nitrogens is 3. The van der Waals surface area contributed by atoms with Crippen LogP contribution < -0.4 is 0 Å². The van der Waals surface area contributed by atoms with E-state index in [2.05, 4.69) is 15.1 Å². The molecule has 1 aliphatic heterocycles. The highest BCUT2D eigenvalue weighted by atomic mass is 35.5. The van der Waals surface area contributed by atoms with Gasteiger partial charge in [0.05, 0.1) is 22.0 Å².